The number of nitrogens with one attached hydrogen (secondary N) is 1. The number of para-hydroxylation sites is 2. The molecular formula is C17H15F2N3O4S. The van der Waals surface area contributed by atoms with E-state index >= 15 is 0 Å². The number of hydrogen-bond donors (Lipinski definition) is 1. The molecule has 2 heterocycles. The summed E-state index contributed by atoms with van der Waals surface area (Å²) in [6.45, 7) is -0.357. The topological polar surface area (TPSA) is 84.1 Å². The van der Waals surface area contributed by atoms with Crippen LogP contribution in [-0.2, 0) is 15.3 Å². The highest BCUT2D eigenvalue weighted by molar-refractivity contribution is 7.98. The SMILES string of the molecule is O=C(CN1C(=O)COc2ccccc21)N/N=C\c1ccc(CSC(F)F)o1. The van der Waals surface area contributed by atoms with Gasteiger partial charge in [0.15, 0.2) is 6.61 Å². The second-order valence-corrected chi connectivity index (χ2v) is 6.38. The van der Waals surface area contributed by atoms with Gasteiger partial charge in [-0.25, -0.2) is 5.43 Å². The fourth-order valence-electron chi connectivity index (χ4n) is 2.36. The standard InChI is InChI=1S/C17H15F2N3O4S/c18-17(19)27-10-12-6-5-11(26-12)7-20-21-15(23)8-22-13-3-1-2-4-14(13)25-9-16(22)24/h1-7,17H,8-10H2,(H,21,23)/b20-7-. The van der Waals surface area contributed by atoms with Crippen molar-refractivity contribution in [1.29, 1.82) is 0 Å². The lowest BCUT2D eigenvalue weighted by atomic mass is 10.2. The van der Waals surface area contributed by atoms with Crippen LogP contribution in [-0.4, -0.2) is 36.9 Å². The van der Waals surface area contributed by atoms with Crippen molar-refractivity contribution in [3.05, 3.63) is 47.9 Å². The van der Waals surface area contributed by atoms with Gasteiger partial charge in [-0.05, 0) is 24.3 Å². The van der Waals surface area contributed by atoms with Gasteiger partial charge in [0.1, 0.15) is 23.8 Å². The summed E-state index contributed by atoms with van der Waals surface area (Å²) in [5, 5.41) is 3.75. The first-order valence-electron chi connectivity index (χ1n) is 7.85. The highest BCUT2D eigenvalue weighted by Crippen LogP contribution is 2.31. The Bertz CT molecular complexity index is 856. The maximum atomic E-state index is 12.1. The maximum Gasteiger partial charge on any atom is 0.284 e. The van der Waals surface area contributed by atoms with Crippen LogP contribution in [0.4, 0.5) is 14.5 Å². The molecule has 2 aromatic rings. The highest BCUT2D eigenvalue weighted by atomic mass is 32.2. The molecule has 0 saturated heterocycles. The molecule has 27 heavy (non-hydrogen) atoms. The van der Waals surface area contributed by atoms with Gasteiger partial charge in [0, 0.05) is 0 Å². The highest BCUT2D eigenvalue weighted by Gasteiger charge is 2.26. The first-order valence-corrected chi connectivity index (χ1v) is 8.90. The van der Waals surface area contributed by atoms with Crippen molar-refractivity contribution >= 4 is 35.5 Å². The summed E-state index contributed by atoms with van der Waals surface area (Å²) in [7, 11) is 0. The molecule has 142 valence electrons. The van der Waals surface area contributed by atoms with Crippen molar-refractivity contribution in [3.8, 4) is 5.75 Å². The lowest BCUT2D eigenvalue weighted by Crippen LogP contribution is -2.44. The molecule has 0 unspecified atom stereocenters. The number of carbonyl (C=O) groups excluding carboxylic acids is 2. The number of hydrazone groups is 1. The Morgan fingerprint density at radius 1 is 1.33 bits per heavy atom. The minimum absolute atomic E-state index is 0.0381. The van der Waals surface area contributed by atoms with E-state index in [-0.39, 0.29) is 24.8 Å². The second-order valence-electron chi connectivity index (χ2n) is 5.41. The summed E-state index contributed by atoms with van der Waals surface area (Å²) in [5.41, 5.74) is 2.81. The number of thioether (sulfide) groups is 1. The number of furan rings is 1. The van der Waals surface area contributed by atoms with Crippen LogP contribution in [0.1, 0.15) is 11.5 Å². The lowest BCUT2D eigenvalue weighted by molar-refractivity contribution is -0.125. The van der Waals surface area contributed by atoms with E-state index in [0.29, 0.717) is 34.7 Å². The molecule has 1 aliphatic heterocycles. The fourth-order valence-corrected chi connectivity index (χ4v) is 2.81. The van der Waals surface area contributed by atoms with Gasteiger partial charge in [-0.15, -0.1) is 0 Å². The van der Waals surface area contributed by atoms with Gasteiger partial charge in [-0.3, -0.25) is 14.5 Å². The zero-order valence-corrected chi connectivity index (χ0v) is 14.7. The fraction of sp³-hybridized carbons (Fsp3) is 0.235. The summed E-state index contributed by atoms with van der Waals surface area (Å²) in [6, 6.07) is 10.0. The molecule has 0 radical (unpaired) electrons. The zero-order valence-electron chi connectivity index (χ0n) is 13.9. The third-order valence-electron chi connectivity index (χ3n) is 3.53. The van der Waals surface area contributed by atoms with E-state index in [1.165, 1.54) is 11.1 Å². The number of rotatable bonds is 7. The van der Waals surface area contributed by atoms with Gasteiger partial charge in [0.05, 0.1) is 17.7 Å². The molecule has 1 N–H and O–H groups in total. The van der Waals surface area contributed by atoms with Crippen LogP contribution in [0.25, 0.3) is 0 Å². The summed E-state index contributed by atoms with van der Waals surface area (Å²) in [4.78, 5) is 25.4. The van der Waals surface area contributed by atoms with Gasteiger partial charge in [-0.1, -0.05) is 23.9 Å². The Morgan fingerprint density at radius 2 is 2.15 bits per heavy atom. The Labute approximate surface area is 157 Å². The number of fused-ring (bicyclic) bond motifs is 1. The van der Waals surface area contributed by atoms with Crippen LogP contribution in [0.2, 0.25) is 0 Å². The molecule has 1 aromatic heterocycles. The molecule has 0 atom stereocenters. The van der Waals surface area contributed by atoms with Crippen LogP contribution in [0.15, 0.2) is 45.9 Å². The molecule has 7 nitrogen and oxygen atoms in total. The molecule has 0 spiro atoms. The van der Waals surface area contributed by atoms with Gasteiger partial charge in [0.25, 0.3) is 17.6 Å². The molecule has 1 aromatic carbocycles. The number of amides is 2. The van der Waals surface area contributed by atoms with Crippen LogP contribution in [0.5, 0.6) is 5.75 Å². The normalized spacial score (nSPS) is 13.7. The van der Waals surface area contributed by atoms with Crippen molar-refractivity contribution in [2.24, 2.45) is 5.10 Å². The van der Waals surface area contributed by atoms with Crippen molar-refractivity contribution < 1.29 is 27.5 Å². The number of alkyl halides is 2. The van der Waals surface area contributed by atoms with E-state index in [0.717, 1.165) is 0 Å². The molecule has 0 saturated carbocycles. The van der Waals surface area contributed by atoms with Crippen LogP contribution >= 0.6 is 11.8 Å². The number of ether oxygens (including phenoxy) is 1. The Hall–Kier alpha value is -2.88. The van der Waals surface area contributed by atoms with Crippen molar-refractivity contribution in [2.75, 3.05) is 18.1 Å². The molecule has 0 fully saturated rings. The van der Waals surface area contributed by atoms with Gasteiger partial charge in [0.2, 0.25) is 0 Å². The van der Waals surface area contributed by atoms with Gasteiger partial charge >= 0.3 is 0 Å². The minimum Gasteiger partial charge on any atom is -0.482 e. The summed E-state index contributed by atoms with van der Waals surface area (Å²) >= 11 is 0.451. The number of hydrogen-bond acceptors (Lipinski definition) is 6. The first kappa shape index (κ1) is 18.9. The first-order chi connectivity index (χ1) is 13.0. The Morgan fingerprint density at radius 3 is 2.96 bits per heavy atom. The van der Waals surface area contributed by atoms with E-state index in [1.54, 1.807) is 36.4 Å². The predicted octanol–water partition coefficient (Wildman–Crippen LogP) is 2.61. The van der Waals surface area contributed by atoms with Crippen LogP contribution in [0.3, 0.4) is 0 Å². The average molecular weight is 395 g/mol. The predicted molar refractivity (Wildman–Crippen MR) is 96.0 cm³/mol. The molecule has 0 bridgehead atoms. The number of nitrogens with zero attached hydrogens (tertiary/aromatic N) is 2. The Balaban J connectivity index is 1.54. The number of benzene rings is 1. The molecule has 2 amide bonds. The summed E-state index contributed by atoms with van der Waals surface area (Å²) < 4.78 is 34.9. The van der Waals surface area contributed by atoms with Crippen molar-refractivity contribution in [1.82, 2.24) is 5.43 Å². The maximum absolute atomic E-state index is 12.1. The molecular weight excluding hydrogens is 380 g/mol. The van der Waals surface area contributed by atoms with E-state index in [2.05, 4.69) is 10.5 Å². The average Bonchev–Trinajstić information content (AvgIpc) is 3.10. The monoisotopic (exact) mass is 395 g/mol. The van der Waals surface area contributed by atoms with Gasteiger partial charge < -0.3 is 9.15 Å². The molecule has 3 rings (SSSR count). The van der Waals surface area contributed by atoms with E-state index in [1.807, 2.05) is 0 Å². The summed E-state index contributed by atoms with van der Waals surface area (Å²) in [6.07, 6.45) is 1.25. The number of carbonyl (C=O) groups is 2. The molecule has 0 aliphatic carbocycles. The third-order valence-corrected chi connectivity index (χ3v) is 4.23. The molecule has 1 aliphatic rings. The quantitative estimate of drug-likeness (QED) is 0.576. The van der Waals surface area contributed by atoms with Gasteiger partial charge in [-0.2, -0.15) is 13.9 Å². The summed E-state index contributed by atoms with van der Waals surface area (Å²) in [5.74, 6) is -2.05. The van der Waals surface area contributed by atoms with E-state index in [9.17, 15) is 18.4 Å². The van der Waals surface area contributed by atoms with E-state index in [4.69, 9.17) is 9.15 Å². The smallest absolute Gasteiger partial charge is 0.284 e. The van der Waals surface area contributed by atoms with E-state index < -0.39 is 11.7 Å². The lowest BCUT2D eigenvalue weighted by Gasteiger charge is -2.28. The van der Waals surface area contributed by atoms with Crippen LogP contribution < -0.4 is 15.1 Å². The molecule has 10 heteroatoms. The minimum atomic E-state index is -2.47. The van der Waals surface area contributed by atoms with Crippen molar-refractivity contribution in [2.45, 2.75) is 11.5 Å². The largest absolute Gasteiger partial charge is 0.482 e. The number of halogens is 2. The van der Waals surface area contributed by atoms with Crippen LogP contribution in [0, 0.1) is 0 Å². The third kappa shape index (κ3) is 5.07. The zero-order chi connectivity index (χ0) is 19.2. The Kier molecular flexibility index (Phi) is 6.07. The van der Waals surface area contributed by atoms with Crippen molar-refractivity contribution in [3.63, 3.8) is 0 Å². The second kappa shape index (κ2) is 8.67. The number of anilines is 1.